The van der Waals surface area contributed by atoms with Crippen molar-refractivity contribution in [1.82, 2.24) is 15.6 Å². The molecule has 3 rings (SSSR count). The van der Waals surface area contributed by atoms with E-state index >= 15 is 0 Å². The molecule has 6 nitrogen and oxygen atoms in total. The molecule has 168 valence electrons. The number of ether oxygens (including phenoxy) is 1. The number of nitrogens with one attached hydrogen (secondary N) is 2. The normalized spacial score (nSPS) is 17.0. The number of halogens is 1. The summed E-state index contributed by atoms with van der Waals surface area (Å²) in [6, 6.07) is 9.09. The Labute approximate surface area is 188 Å². The SMILES string of the molecule is CCNC(=NCc1ccc(N2CCOC(C)C2)nc1)NCc1ccc(F)cc1CSC. The first-order valence-corrected chi connectivity index (χ1v) is 12.1. The number of benzene rings is 1. The van der Waals surface area contributed by atoms with Crippen LogP contribution >= 0.6 is 11.8 Å². The molecule has 1 unspecified atom stereocenters. The minimum absolute atomic E-state index is 0.198. The molecule has 0 radical (unpaired) electrons. The highest BCUT2D eigenvalue weighted by Gasteiger charge is 2.17. The second-order valence-corrected chi connectivity index (χ2v) is 8.41. The van der Waals surface area contributed by atoms with E-state index < -0.39 is 0 Å². The molecule has 1 aliphatic rings. The number of nitrogens with zero attached hydrogens (tertiary/aromatic N) is 3. The standard InChI is InChI=1S/C23H32FN5OS/c1-4-25-23(28-14-19-6-7-21(24)11-20(19)16-31-3)27-13-18-5-8-22(26-12-18)29-9-10-30-17(2)15-29/h5-8,11-12,17H,4,9-10,13-16H2,1-3H3,(H2,25,27,28). The van der Waals surface area contributed by atoms with Crippen molar-refractivity contribution in [3.63, 3.8) is 0 Å². The Kier molecular flexibility index (Phi) is 8.97. The molecule has 1 aromatic carbocycles. The van der Waals surface area contributed by atoms with Crippen LogP contribution in [0.15, 0.2) is 41.5 Å². The minimum Gasteiger partial charge on any atom is -0.375 e. The van der Waals surface area contributed by atoms with E-state index in [0.717, 1.165) is 60.5 Å². The molecule has 1 saturated heterocycles. The lowest BCUT2D eigenvalue weighted by Gasteiger charge is -2.32. The molecule has 2 N–H and O–H groups in total. The Balaban J connectivity index is 1.60. The lowest BCUT2D eigenvalue weighted by atomic mass is 10.1. The number of aromatic nitrogens is 1. The lowest BCUT2D eigenvalue weighted by Crippen LogP contribution is -2.41. The van der Waals surface area contributed by atoms with E-state index in [1.807, 2.05) is 25.4 Å². The topological polar surface area (TPSA) is 61.8 Å². The van der Waals surface area contributed by atoms with Crippen molar-refractivity contribution < 1.29 is 9.13 Å². The number of anilines is 1. The second kappa shape index (κ2) is 11.9. The summed E-state index contributed by atoms with van der Waals surface area (Å²) in [5, 5.41) is 6.63. The fourth-order valence-corrected chi connectivity index (χ4v) is 4.05. The fraction of sp³-hybridized carbons (Fsp3) is 0.478. The van der Waals surface area contributed by atoms with Gasteiger partial charge in [-0.25, -0.2) is 14.4 Å². The van der Waals surface area contributed by atoms with E-state index in [0.29, 0.717) is 13.1 Å². The van der Waals surface area contributed by atoms with Crippen molar-refractivity contribution in [1.29, 1.82) is 0 Å². The van der Waals surface area contributed by atoms with Crippen LogP contribution < -0.4 is 15.5 Å². The molecule has 1 aromatic heterocycles. The monoisotopic (exact) mass is 445 g/mol. The lowest BCUT2D eigenvalue weighted by molar-refractivity contribution is 0.0529. The summed E-state index contributed by atoms with van der Waals surface area (Å²) < 4.78 is 19.2. The summed E-state index contributed by atoms with van der Waals surface area (Å²) in [7, 11) is 0. The van der Waals surface area contributed by atoms with Crippen LogP contribution in [0.5, 0.6) is 0 Å². The van der Waals surface area contributed by atoms with Gasteiger partial charge in [-0.2, -0.15) is 11.8 Å². The third-order valence-electron chi connectivity index (χ3n) is 5.05. The fourth-order valence-electron chi connectivity index (χ4n) is 3.47. The average molecular weight is 446 g/mol. The van der Waals surface area contributed by atoms with E-state index in [9.17, 15) is 4.39 Å². The first-order chi connectivity index (χ1) is 15.1. The van der Waals surface area contributed by atoms with Gasteiger partial charge in [0, 0.05) is 38.1 Å². The molecular weight excluding hydrogens is 413 g/mol. The molecule has 1 aliphatic heterocycles. The first kappa shape index (κ1) is 23.3. The highest BCUT2D eigenvalue weighted by atomic mass is 32.2. The van der Waals surface area contributed by atoms with Crippen LogP contribution in [0.25, 0.3) is 0 Å². The zero-order chi connectivity index (χ0) is 22.1. The molecule has 0 amide bonds. The van der Waals surface area contributed by atoms with Gasteiger partial charge in [-0.15, -0.1) is 0 Å². The maximum Gasteiger partial charge on any atom is 0.191 e. The van der Waals surface area contributed by atoms with Gasteiger partial charge in [0.15, 0.2) is 5.96 Å². The Hall–Kier alpha value is -2.32. The molecule has 0 aliphatic carbocycles. The van der Waals surface area contributed by atoms with Crippen LogP contribution in [0.1, 0.15) is 30.5 Å². The van der Waals surface area contributed by atoms with E-state index in [1.165, 1.54) is 6.07 Å². The summed E-state index contributed by atoms with van der Waals surface area (Å²) in [4.78, 5) is 11.6. The smallest absolute Gasteiger partial charge is 0.191 e. The van der Waals surface area contributed by atoms with E-state index in [4.69, 9.17) is 4.74 Å². The van der Waals surface area contributed by atoms with Crippen molar-refractivity contribution in [2.24, 2.45) is 4.99 Å². The summed E-state index contributed by atoms with van der Waals surface area (Å²) in [5.41, 5.74) is 3.13. The Morgan fingerprint density at radius 2 is 2.16 bits per heavy atom. The molecule has 1 fully saturated rings. The number of hydrogen-bond donors (Lipinski definition) is 2. The quantitative estimate of drug-likeness (QED) is 0.479. The van der Waals surface area contributed by atoms with Gasteiger partial charge >= 0.3 is 0 Å². The Morgan fingerprint density at radius 1 is 1.29 bits per heavy atom. The third-order valence-corrected chi connectivity index (χ3v) is 5.65. The number of rotatable bonds is 8. The molecular formula is C23H32FN5OS. The molecule has 0 saturated carbocycles. The van der Waals surface area contributed by atoms with Crippen molar-refractivity contribution in [3.05, 3.63) is 59.0 Å². The predicted octanol–water partition coefficient (Wildman–Crippen LogP) is 3.56. The Bertz CT molecular complexity index is 862. The van der Waals surface area contributed by atoms with E-state index in [-0.39, 0.29) is 11.9 Å². The first-order valence-electron chi connectivity index (χ1n) is 10.7. The number of pyridine rings is 1. The van der Waals surface area contributed by atoms with Gasteiger partial charge in [-0.3, -0.25) is 0 Å². The van der Waals surface area contributed by atoms with Gasteiger partial charge in [0.1, 0.15) is 11.6 Å². The zero-order valence-corrected chi connectivity index (χ0v) is 19.3. The highest BCUT2D eigenvalue weighted by Crippen LogP contribution is 2.17. The number of thioether (sulfide) groups is 1. The molecule has 0 bridgehead atoms. The molecule has 31 heavy (non-hydrogen) atoms. The van der Waals surface area contributed by atoms with Crippen molar-refractivity contribution >= 4 is 23.5 Å². The third kappa shape index (κ3) is 7.11. The molecule has 0 spiro atoms. The van der Waals surface area contributed by atoms with Crippen molar-refractivity contribution in [2.45, 2.75) is 38.8 Å². The Morgan fingerprint density at radius 3 is 2.87 bits per heavy atom. The summed E-state index contributed by atoms with van der Waals surface area (Å²) in [6.45, 7) is 8.47. The van der Waals surface area contributed by atoms with Gasteiger partial charge < -0.3 is 20.3 Å². The summed E-state index contributed by atoms with van der Waals surface area (Å²) in [5.74, 6) is 2.29. The number of hydrogen-bond acceptors (Lipinski definition) is 5. The van der Waals surface area contributed by atoms with Crippen LogP contribution in [0.3, 0.4) is 0 Å². The van der Waals surface area contributed by atoms with Crippen molar-refractivity contribution in [2.75, 3.05) is 37.4 Å². The summed E-state index contributed by atoms with van der Waals surface area (Å²) in [6.07, 6.45) is 4.14. The van der Waals surface area contributed by atoms with Gasteiger partial charge in [0.05, 0.1) is 19.3 Å². The molecule has 1 atom stereocenters. The zero-order valence-electron chi connectivity index (χ0n) is 18.5. The molecule has 8 heteroatoms. The van der Waals surface area contributed by atoms with Crippen LogP contribution in [0.2, 0.25) is 0 Å². The maximum absolute atomic E-state index is 13.6. The van der Waals surface area contributed by atoms with Crippen LogP contribution in [-0.2, 0) is 23.6 Å². The minimum atomic E-state index is -0.198. The van der Waals surface area contributed by atoms with E-state index in [1.54, 1.807) is 17.8 Å². The molecule has 2 heterocycles. The van der Waals surface area contributed by atoms with Gasteiger partial charge in [-0.1, -0.05) is 12.1 Å². The predicted molar refractivity (Wildman–Crippen MR) is 127 cm³/mol. The second-order valence-electron chi connectivity index (χ2n) is 7.55. The average Bonchev–Trinajstić information content (AvgIpc) is 2.77. The summed E-state index contributed by atoms with van der Waals surface area (Å²) >= 11 is 1.68. The van der Waals surface area contributed by atoms with Gasteiger partial charge in [0.25, 0.3) is 0 Å². The number of aliphatic imine (C=N–C) groups is 1. The van der Waals surface area contributed by atoms with Crippen LogP contribution in [-0.4, -0.2) is 49.5 Å². The highest BCUT2D eigenvalue weighted by molar-refractivity contribution is 7.97. The largest absolute Gasteiger partial charge is 0.375 e. The van der Waals surface area contributed by atoms with Crippen LogP contribution in [0, 0.1) is 5.82 Å². The van der Waals surface area contributed by atoms with Crippen molar-refractivity contribution in [3.8, 4) is 0 Å². The van der Waals surface area contributed by atoms with Gasteiger partial charge in [-0.05, 0) is 55.0 Å². The maximum atomic E-state index is 13.6. The number of morpholine rings is 1. The van der Waals surface area contributed by atoms with Crippen LogP contribution in [0.4, 0.5) is 10.2 Å². The van der Waals surface area contributed by atoms with E-state index in [2.05, 4.69) is 44.6 Å². The molecule has 2 aromatic rings. The van der Waals surface area contributed by atoms with Gasteiger partial charge in [0.2, 0.25) is 0 Å². The number of guanidine groups is 1.